The number of aryl methyl sites for hydroxylation is 2. The van der Waals surface area contributed by atoms with Gasteiger partial charge >= 0.3 is 12.2 Å². The molecule has 2 heterocycles. The monoisotopic (exact) mass is 491 g/mol. The van der Waals surface area contributed by atoms with Crippen LogP contribution < -0.4 is 0 Å². The highest BCUT2D eigenvalue weighted by Gasteiger charge is 2.46. The highest BCUT2D eigenvalue weighted by molar-refractivity contribution is 5.81. The Morgan fingerprint density at radius 1 is 1.11 bits per heavy atom. The van der Waals surface area contributed by atoms with Crippen LogP contribution >= 0.6 is 0 Å². The quantitative estimate of drug-likeness (QED) is 0.523. The van der Waals surface area contributed by atoms with Gasteiger partial charge in [-0.1, -0.05) is 17.7 Å². The Balaban J connectivity index is 1.67. The highest BCUT2D eigenvalue weighted by atomic mass is 19.4. The molecule has 9 heteroatoms. The Labute approximate surface area is 202 Å². The number of hydrogen-bond donors (Lipinski definition) is 0. The topological polar surface area (TPSA) is 43.9 Å². The summed E-state index contributed by atoms with van der Waals surface area (Å²) in [6.45, 7) is 5.73. The minimum Gasteiger partial charge on any atom is -0.335 e. The van der Waals surface area contributed by atoms with Gasteiger partial charge in [0.25, 0.3) is 0 Å². The van der Waals surface area contributed by atoms with Crippen LogP contribution in [0.25, 0.3) is 0 Å². The zero-order valence-electron chi connectivity index (χ0n) is 20.2. The molecule has 3 atom stereocenters. The van der Waals surface area contributed by atoms with E-state index in [1.807, 2.05) is 0 Å². The standard InChI is InChI=1S/C26H29F4N3O2/c1-15-11-18(14-19(12-15)26(28,29)30)17(3)31(4)25(35)33-10-9-32-22(7-8-23(32)34)24(33)21-6-5-20(27)13-16(21)2/h5-6,11-14,17,22,24H,7-10H2,1-4H3/t17-,22+,24+/m1/s1. The van der Waals surface area contributed by atoms with Crippen molar-refractivity contribution in [2.24, 2.45) is 0 Å². The summed E-state index contributed by atoms with van der Waals surface area (Å²) >= 11 is 0. The van der Waals surface area contributed by atoms with E-state index in [4.69, 9.17) is 0 Å². The van der Waals surface area contributed by atoms with Gasteiger partial charge in [-0.3, -0.25) is 4.79 Å². The van der Waals surface area contributed by atoms with Crippen molar-refractivity contribution in [3.63, 3.8) is 0 Å². The van der Waals surface area contributed by atoms with Crippen LogP contribution in [0.2, 0.25) is 0 Å². The number of urea groups is 1. The molecule has 3 amide bonds. The fourth-order valence-corrected chi connectivity index (χ4v) is 5.31. The smallest absolute Gasteiger partial charge is 0.335 e. The summed E-state index contributed by atoms with van der Waals surface area (Å²) in [5.74, 6) is -0.349. The third-order valence-electron chi connectivity index (χ3n) is 7.24. The van der Waals surface area contributed by atoms with Crippen LogP contribution in [-0.4, -0.2) is 52.8 Å². The molecule has 5 nitrogen and oxygen atoms in total. The van der Waals surface area contributed by atoms with Crippen LogP contribution in [0.1, 0.15) is 59.7 Å². The largest absolute Gasteiger partial charge is 0.416 e. The summed E-state index contributed by atoms with van der Waals surface area (Å²) in [6, 6.07) is 6.55. The SMILES string of the molecule is Cc1cc([C@@H](C)N(C)C(=O)N2CCN3C(=O)CC[C@H]3[C@@H]2c2ccc(F)cc2C)cc(C(F)(F)F)c1. The van der Waals surface area contributed by atoms with Gasteiger partial charge in [-0.25, -0.2) is 9.18 Å². The van der Waals surface area contributed by atoms with Crippen LogP contribution in [0.4, 0.5) is 22.4 Å². The second-order valence-electron chi connectivity index (χ2n) is 9.53. The molecule has 2 aromatic carbocycles. The lowest BCUT2D eigenvalue weighted by Gasteiger charge is -2.47. The molecule has 0 aliphatic carbocycles. The zero-order valence-corrected chi connectivity index (χ0v) is 20.2. The van der Waals surface area contributed by atoms with Gasteiger partial charge in [-0.05, 0) is 68.1 Å². The fraction of sp³-hybridized carbons (Fsp3) is 0.462. The molecule has 2 saturated heterocycles. The Morgan fingerprint density at radius 2 is 1.83 bits per heavy atom. The number of amides is 3. The first-order valence-corrected chi connectivity index (χ1v) is 11.7. The zero-order chi connectivity index (χ0) is 25.7. The number of rotatable bonds is 3. The molecule has 2 aliphatic heterocycles. The van der Waals surface area contributed by atoms with E-state index in [0.717, 1.165) is 17.7 Å². The third kappa shape index (κ3) is 4.73. The number of halogens is 4. The maximum atomic E-state index is 13.8. The van der Waals surface area contributed by atoms with Gasteiger partial charge in [0.15, 0.2) is 0 Å². The van der Waals surface area contributed by atoms with Crippen LogP contribution in [0.5, 0.6) is 0 Å². The van der Waals surface area contributed by atoms with E-state index in [2.05, 4.69) is 0 Å². The lowest BCUT2D eigenvalue weighted by molar-refractivity contribution is -0.137. The fourth-order valence-electron chi connectivity index (χ4n) is 5.31. The van der Waals surface area contributed by atoms with Gasteiger partial charge in [0.05, 0.1) is 23.7 Å². The number of benzene rings is 2. The summed E-state index contributed by atoms with van der Waals surface area (Å²) in [6.07, 6.45) is -3.52. The van der Waals surface area contributed by atoms with E-state index in [0.29, 0.717) is 36.1 Å². The molecule has 0 N–H and O–H groups in total. The van der Waals surface area contributed by atoms with E-state index in [9.17, 15) is 27.2 Å². The molecule has 2 fully saturated rings. The molecule has 4 rings (SSSR count). The number of nitrogens with zero attached hydrogens (tertiary/aromatic N) is 3. The van der Waals surface area contributed by atoms with Gasteiger partial charge in [-0.15, -0.1) is 0 Å². The van der Waals surface area contributed by atoms with Crippen molar-refractivity contribution in [3.8, 4) is 0 Å². The number of carbonyl (C=O) groups is 2. The Hall–Kier alpha value is -3.10. The number of alkyl halides is 3. The molecular weight excluding hydrogens is 462 g/mol. The highest BCUT2D eigenvalue weighted by Crippen LogP contribution is 2.40. The molecule has 0 unspecified atom stereocenters. The maximum absolute atomic E-state index is 13.8. The lowest BCUT2D eigenvalue weighted by atomic mass is 9.90. The van der Waals surface area contributed by atoms with Gasteiger partial charge in [-0.2, -0.15) is 13.2 Å². The Bertz CT molecular complexity index is 1150. The molecule has 0 spiro atoms. The molecular formula is C26H29F4N3O2. The van der Waals surface area contributed by atoms with Crippen molar-refractivity contribution in [2.45, 2.75) is 57.9 Å². The summed E-state index contributed by atoms with van der Waals surface area (Å²) in [7, 11) is 1.57. The van der Waals surface area contributed by atoms with Gasteiger partial charge in [0, 0.05) is 26.6 Å². The first-order valence-electron chi connectivity index (χ1n) is 11.7. The van der Waals surface area contributed by atoms with E-state index >= 15 is 0 Å². The summed E-state index contributed by atoms with van der Waals surface area (Å²) < 4.78 is 54.0. The van der Waals surface area contributed by atoms with Crippen LogP contribution in [-0.2, 0) is 11.0 Å². The molecule has 0 aromatic heterocycles. The molecule has 2 aliphatic rings. The summed E-state index contributed by atoms with van der Waals surface area (Å²) in [4.78, 5) is 31.1. The Kier molecular flexibility index (Phi) is 6.55. The van der Waals surface area contributed by atoms with E-state index in [1.165, 1.54) is 17.0 Å². The second-order valence-corrected chi connectivity index (χ2v) is 9.53. The van der Waals surface area contributed by atoms with Crippen molar-refractivity contribution >= 4 is 11.9 Å². The molecule has 0 bridgehead atoms. The van der Waals surface area contributed by atoms with Crippen LogP contribution in [0.3, 0.4) is 0 Å². The van der Waals surface area contributed by atoms with E-state index in [1.54, 1.807) is 49.8 Å². The first-order chi connectivity index (χ1) is 16.4. The predicted octanol–water partition coefficient (Wildman–Crippen LogP) is 5.62. The van der Waals surface area contributed by atoms with Crippen LogP contribution in [0, 0.1) is 19.7 Å². The average Bonchev–Trinajstić information content (AvgIpc) is 3.17. The van der Waals surface area contributed by atoms with Crippen molar-refractivity contribution in [2.75, 3.05) is 20.1 Å². The molecule has 0 radical (unpaired) electrons. The van der Waals surface area contributed by atoms with E-state index < -0.39 is 23.8 Å². The minimum atomic E-state index is -4.49. The van der Waals surface area contributed by atoms with Crippen molar-refractivity contribution in [3.05, 3.63) is 70.0 Å². The van der Waals surface area contributed by atoms with Gasteiger partial charge in [0.2, 0.25) is 5.91 Å². The molecule has 35 heavy (non-hydrogen) atoms. The summed E-state index contributed by atoms with van der Waals surface area (Å²) in [5.41, 5.74) is 1.54. The number of fused-ring (bicyclic) bond motifs is 1. The number of carbonyl (C=O) groups excluding carboxylic acids is 2. The van der Waals surface area contributed by atoms with Crippen molar-refractivity contribution in [1.82, 2.24) is 14.7 Å². The first kappa shape index (κ1) is 25.0. The average molecular weight is 492 g/mol. The summed E-state index contributed by atoms with van der Waals surface area (Å²) in [5, 5.41) is 0. The number of hydrogen-bond acceptors (Lipinski definition) is 2. The lowest BCUT2D eigenvalue weighted by Crippen LogP contribution is -2.57. The molecule has 188 valence electrons. The normalized spacial score (nSPS) is 21.2. The van der Waals surface area contributed by atoms with Crippen molar-refractivity contribution in [1.29, 1.82) is 0 Å². The van der Waals surface area contributed by atoms with Gasteiger partial charge in [0.1, 0.15) is 5.82 Å². The molecule has 2 aromatic rings. The number of piperazine rings is 1. The van der Waals surface area contributed by atoms with Crippen molar-refractivity contribution < 1.29 is 27.2 Å². The predicted molar refractivity (Wildman–Crippen MR) is 123 cm³/mol. The second kappa shape index (κ2) is 9.17. The third-order valence-corrected chi connectivity index (χ3v) is 7.24. The molecule has 0 saturated carbocycles. The maximum Gasteiger partial charge on any atom is 0.416 e. The minimum absolute atomic E-state index is 0.0352. The van der Waals surface area contributed by atoms with E-state index in [-0.39, 0.29) is 30.3 Å². The Morgan fingerprint density at radius 3 is 2.49 bits per heavy atom. The van der Waals surface area contributed by atoms with Crippen LogP contribution in [0.15, 0.2) is 36.4 Å². The van der Waals surface area contributed by atoms with Gasteiger partial charge < -0.3 is 14.7 Å².